The van der Waals surface area contributed by atoms with Crippen LogP contribution >= 0.6 is 0 Å². The van der Waals surface area contributed by atoms with Gasteiger partial charge in [-0.05, 0) is 40.7 Å². The van der Waals surface area contributed by atoms with Crippen molar-refractivity contribution < 1.29 is 9.53 Å². The lowest BCUT2D eigenvalue weighted by molar-refractivity contribution is 0.0493. The van der Waals surface area contributed by atoms with Crippen LogP contribution in [0.5, 0.6) is 0 Å². The highest BCUT2D eigenvalue weighted by Crippen LogP contribution is 2.09. The first-order valence-electron chi connectivity index (χ1n) is 5.84. The van der Waals surface area contributed by atoms with E-state index in [1.54, 1.807) is 0 Å². The number of amides is 1. The first kappa shape index (κ1) is 15.2. The molecule has 0 radical (unpaired) electrons. The molecular formula is C12H26N2O2. The second-order valence-electron chi connectivity index (χ2n) is 5.49. The minimum atomic E-state index is -0.448. The first-order valence-corrected chi connectivity index (χ1v) is 5.84. The molecule has 2 N–H and O–H groups in total. The van der Waals surface area contributed by atoms with Gasteiger partial charge in [0.25, 0.3) is 0 Å². The summed E-state index contributed by atoms with van der Waals surface area (Å²) in [6, 6.07) is 0.285. The molecule has 0 rings (SSSR count). The summed E-state index contributed by atoms with van der Waals surface area (Å²) in [7, 11) is 1.90. The summed E-state index contributed by atoms with van der Waals surface area (Å²) in [5.74, 6) is 0.454. The van der Waals surface area contributed by atoms with E-state index >= 15 is 0 Å². The van der Waals surface area contributed by atoms with Gasteiger partial charge in [0.05, 0.1) is 0 Å². The van der Waals surface area contributed by atoms with E-state index in [1.807, 2.05) is 34.7 Å². The Labute approximate surface area is 99.1 Å². The van der Waals surface area contributed by atoms with Crippen molar-refractivity contribution >= 4 is 6.09 Å². The van der Waals surface area contributed by atoms with Gasteiger partial charge >= 0.3 is 6.09 Å². The van der Waals surface area contributed by atoms with Gasteiger partial charge in [0.15, 0.2) is 0 Å². The molecule has 4 nitrogen and oxygen atoms in total. The van der Waals surface area contributed by atoms with E-state index in [0.29, 0.717) is 5.92 Å². The molecule has 0 saturated carbocycles. The van der Waals surface area contributed by atoms with Crippen LogP contribution in [-0.2, 0) is 4.74 Å². The molecular weight excluding hydrogens is 204 g/mol. The first-order chi connectivity index (χ1) is 7.17. The highest BCUT2D eigenvalue weighted by atomic mass is 16.6. The van der Waals surface area contributed by atoms with E-state index < -0.39 is 5.60 Å². The van der Waals surface area contributed by atoms with Gasteiger partial charge in [-0.15, -0.1) is 0 Å². The number of nitrogens with one attached hydrogen (secondary N) is 2. The fraction of sp³-hybridized carbons (Fsp3) is 0.917. The topological polar surface area (TPSA) is 50.4 Å². The highest BCUT2D eigenvalue weighted by Gasteiger charge is 2.23. The molecule has 2 atom stereocenters. The largest absolute Gasteiger partial charge is 0.444 e. The lowest BCUT2D eigenvalue weighted by atomic mass is 9.98. The predicted molar refractivity (Wildman–Crippen MR) is 66.5 cm³/mol. The summed E-state index contributed by atoms with van der Waals surface area (Å²) < 4.78 is 5.20. The monoisotopic (exact) mass is 230 g/mol. The molecule has 0 bridgehead atoms. The average molecular weight is 230 g/mol. The number of hydrogen-bond acceptors (Lipinski definition) is 3. The summed E-state index contributed by atoms with van der Waals surface area (Å²) in [5, 5.41) is 6.04. The van der Waals surface area contributed by atoms with Crippen LogP contribution in [0.1, 0.15) is 41.5 Å². The molecule has 0 aliphatic carbocycles. The zero-order valence-corrected chi connectivity index (χ0v) is 11.5. The van der Waals surface area contributed by atoms with Crippen LogP contribution in [0.4, 0.5) is 4.79 Å². The molecule has 16 heavy (non-hydrogen) atoms. The molecule has 0 heterocycles. The summed E-state index contributed by atoms with van der Waals surface area (Å²) in [4.78, 5) is 11.6. The minimum Gasteiger partial charge on any atom is -0.444 e. The number of hydrogen-bond donors (Lipinski definition) is 2. The van der Waals surface area contributed by atoms with Crippen LogP contribution in [-0.4, -0.2) is 30.8 Å². The van der Waals surface area contributed by atoms with E-state index in [4.69, 9.17) is 4.74 Å². The predicted octanol–water partition coefficient (Wildman–Crippen LogP) is 2.14. The second kappa shape index (κ2) is 6.09. The summed E-state index contributed by atoms with van der Waals surface area (Å²) in [6.07, 6.45) is -0.360. The zero-order chi connectivity index (χ0) is 12.9. The van der Waals surface area contributed by atoms with E-state index in [9.17, 15) is 4.79 Å². The van der Waals surface area contributed by atoms with E-state index in [2.05, 4.69) is 24.5 Å². The number of carbonyl (C=O) groups is 1. The van der Waals surface area contributed by atoms with E-state index in [1.165, 1.54) is 0 Å². The fourth-order valence-electron chi connectivity index (χ4n) is 1.74. The number of alkyl carbamates (subject to hydrolysis) is 1. The van der Waals surface area contributed by atoms with Gasteiger partial charge in [-0.2, -0.15) is 0 Å². The Balaban J connectivity index is 4.22. The van der Waals surface area contributed by atoms with Crippen molar-refractivity contribution in [3.05, 3.63) is 0 Å². The Morgan fingerprint density at radius 2 is 1.69 bits per heavy atom. The maximum Gasteiger partial charge on any atom is 0.407 e. The molecule has 0 aromatic rings. The lowest BCUT2D eigenvalue weighted by Crippen LogP contribution is -2.50. The van der Waals surface area contributed by atoms with Gasteiger partial charge in [-0.25, -0.2) is 4.79 Å². The molecule has 0 aliphatic heterocycles. The average Bonchev–Trinajstić information content (AvgIpc) is 1.99. The van der Waals surface area contributed by atoms with Gasteiger partial charge < -0.3 is 15.4 Å². The van der Waals surface area contributed by atoms with Crippen molar-refractivity contribution in [1.29, 1.82) is 0 Å². The Morgan fingerprint density at radius 3 is 2.00 bits per heavy atom. The maximum absolute atomic E-state index is 11.6. The molecule has 1 amide bonds. The molecule has 96 valence electrons. The molecule has 0 aromatic carbocycles. The SMILES string of the molecule is CNC(C(C)C)C(C)NC(=O)OC(C)(C)C. The molecule has 0 spiro atoms. The number of carbonyl (C=O) groups excluding carboxylic acids is 1. The molecule has 0 saturated heterocycles. The van der Waals surface area contributed by atoms with Crippen molar-refractivity contribution in [3.8, 4) is 0 Å². The van der Waals surface area contributed by atoms with Gasteiger partial charge in [0, 0.05) is 12.1 Å². The van der Waals surface area contributed by atoms with Gasteiger partial charge in [0.1, 0.15) is 5.60 Å². The Hall–Kier alpha value is -0.770. The van der Waals surface area contributed by atoms with Crippen LogP contribution in [0.3, 0.4) is 0 Å². The second-order valence-corrected chi connectivity index (χ2v) is 5.49. The number of likely N-dealkylation sites (N-methyl/N-ethyl adjacent to an activating group) is 1. The molecule has 2 unspecified atom stereocenters. The smallest absolute Gasteiger partial charge is 0.407 e. The van der Waals surface area contributed by atoms with Crippen molar-refractivity contribution in [2.45, 2.75) is 59.2 Å². The third-order valence-corrected chi connectivity index (χ3v) is 2.33. The molecule has 0 aliphatic rings. The highest BCUT2D eigenvalue weighted by molar-refractivity contribution is 5.68. The van der Waals surface area contributed by atoms with Crippen LogP contribution in [0.2, 0.25) is 0 Å². The van der Waals surface area contributed by atoms with Gasteiger partial charge in [-0.3, -0.25) is 0 Å². The van der Waals surface area contributed by atoms with Crippen molar-refractivity contribution in [2.75, 3.05) is 7.05 Å². The minimum absolute atomic E-state index is 0.0415. The van der Waals surface area contributed by atoms with Crippen molar-refractivity contribution in [3.63, 3.8) is 0 Å². The number of ether oxygens (including phenoxy) is 1. The zero-order valence-electron chi connectivity index (χ0n) is 11.5. The Bertz CT molecular complexity index is 222. The maximum atomic E-state index is 11.6. The van der Waals surface area contributed by atoms with Gasteiger partial charge in [-0.1, -0.05) is 13.8 Å². The van der Waals surface area contributed by atoms with Crippen molar-refractivity contribution in [2.24, 2.45) is 5.92 Å². The third kappa shape index (κ3) is 5.95. The van der Waals surface area contributed by atoms with Crippen LogP contribution in [0.15, 0.2) is 0 Å². The Kier molecular flexibility index (Phi) is 5.79. The molecule has 4 heteroatoms. The van der Waals surface area contributed by atoms with E-state index in [0.717, 1.165) is 0 Å². The lowest BCUT2D eigenvalue weighted by Gasteiger charge is -2.29. The van der Waals surface area contributed by atoms with Crippen molar-refractivity contribution in [1.82, 2.24) is 10.6 Å². The van der Waals surface area contributed by atoms with Crippen LogP contribution < -0.4 is 10.6 Å². The van der Waals surface area contributed by atoms with Crippen LogP contribution in [0.25, 0.3) is 0 Å². The fourth-order valence-corrected chi connectivity index (χ4v) is 1.74. The normalized spacial score (nSPS) is 15.8. The summed E-state index contributed by atoms with van der Waals surface area (Å²) in [6.45, 7) is 11.8. The number of rotatable bonds is 4. The molecule has 0 aromatic heterocycles. The third-order valence-electron chi connectivity index (χ3n) is 2.33. The van der Waals surface area contributed by atoms with Gasteiger partial charge in [0.2, 0.25) is 0 Å². The standard InChI is InChI=1S/C12H26N2O2/c1-8(2)10(13-7)9(3)14-11(15)16-12(4,5)6/h8-10,13H,1-7H3,(H,14,15). The molecule has 0 fully saturated rings. The Morgan fingerprint density at radius 1 is 1.19 bits per heavy atom. The summed E-state index contributed by atoms with van der Waals surface area (Å²) in [5.41, 5.74) is -0.448. The quantitative estimate of drug-likeness (QED) is 0.778. The summed E-state index contributed by atoms with van der Waals surface area (Å²) >= 11 is 0. The van der Waals surface area contributed by atoms with Crippen LogP contribution in [0, 0.1) is 5.92 Å². The van der Waals surface area contributed by atoms with E-state index in [-0.39, 0.29) is 18.2 Å².